The van der Waals surface area contributed by atoms with Crippen LogP contribution in [0.5, 0.6) is 0 Å². The second kappa shape index (κ2) is 6.19. The number of hydrogen-bond donors (Lipinski definition) is 0. The zero-order chi connectivity index (χ0) is 6.04. The minimum atomic E-state index is 0. The Morgan fingerprint density at radius 3 is 1.50 bits per heavy atom. The molecule has 1 fully saturated rings. The first kappa shape index (κ1) is 14.2. The quantitative estimate of drug-likeness (QED) is 0.362. The first-order valence-electron chi connectivity index (χ1n) is 3.71. The molecule has 0 spiro atoms. The summed E-state index contributed by atoms with van der Waals surface area (Å²) in [6.45, 7) is 4.76. The van der Waals surface area contributed by atoms with E-state index in [9.17, 15) is 0 Å². The van der Waals surface area contributed by atoms with E-state index in [0.717, 1.165) is 0 Å². The molecule has 1 saturated carbocycles. The second-order valence-electron chi connectivity index (χ2n) is 3.72. The first-order valence-corrected chi connectivity index (χ1v) is 3.71. The molecule has 0 nitrogen and oxygen atoms in total. The van der Waals surface area contributed by atoms with Gasteiger partial charge in [-0.15, -0.1) is 0 Å². The van der Waals surface area contributed by atoms with E-state index < -0.39 is 0 Å². The molecule has 0 aromatic carbocycles. The van der Waals surface area contributed by atoms with E-state index in [2.05, 4.69) is 13.8 Å². The molecule has 0 amide bonds. The van der Waals surface area contributed by atoms with Crippen LogP contribution in [0.25, 0.3) is 0 Å². The van der Waals surface area contributed by atoms with Gasteiger partial charge in [0.05, 0.1) is 0 Å². The molecule has 1 rings (SSSR count). The smallest absolute Gasteiger partial charge is 0.358 e. The van der Waals surface area contributed by atoms with E-state index in [1.54, 1.807) is 0 Å². The number of rotatable bonds is 0. The molecule has 10 heavy (non-hydrogen) atoms. The Morgan fingerprint density at radius 2 is 1.30 bits per heavy atom. The Balaban J connectivity index is 0. The monoisotopic (exact) mass is 166 g/mol. The normalized spacial score (nSPS) is 22.2. The van der Waals surface area contributed by atoms with Crippen molar-refractivity contribution in [1.82, 2.24) is 0 Å². The predicted molar refractivity (Wildman–Crippen MR) is 43.3 cm³/mol. The Hall–Kier alpha value is 1.64. The molecular formula is C9H19K. The summed E-state index contributed by atoms with van der Waals surface area (Å²) in [6.07, 6.45) is 7.31. The SMILES string of the molecule is CC1(C)CCCCC1.[CH3-].[K+]. The van der Waals surface area contributed by atoms with Gasteiger partial charge in [-0.25, -0.2) is 0 Å². The van der Waals surface area contributed by atoms with Crippen molar-refractivity contribution in [2.24, 2.45) is 5.41 Å². The van der Waals surface area contributed by atoms with Gasteiger partial charge in [0.15, 0.2) is 0 Å². The van der Waals surface area contributed by atoms with E-state index >= 15 is 0 Å². The van der Waals surface area contributed by atoms with Crippen LogP contribution in [0.2, 0.25) is 0 Å². The Labute approximate surface area is 109 Å². The predicted octanol–water partition coefficient (Wildman–Crippen LogP) is 0.431. The van der Waals surface area contributed by atoms with Crippen LogP contribution in [0.1, 0.15) is 46.0 Å². The third-order valence-corrected chi connectivity index (χ3v) is 2.21. The van der Waals surface area contributed by atoms with Crippen LogP contribution in [0.4, 0.5) is 0 Å². The summed E-state index contributed by atoms with van der Waals surface area (Å²) in [6, 6.07) is 0. The molecule has 0 N–H and O–H groups in total. The molecule has 0 aromatic rings. The van der Waals surface area contributed by atoms with Crippen molar-refractivity contribution in [2.45, 2.75) is 46.0 Å². The molecule has 56 valence electrons. The molecule has 1 aliphatic carbocycles. The van der Waals surface area contributed by atoms with Gasteiger partial charge < -0.3 is 7.43 Å². The van der Waals surface area contributed by atoms with Gasteiger partial charge in [0, 0.05) is 0 Å². The van der Waals surface area contributed by atoms with Crippen molar-refractivity contribution in [3.8, 4) is 0 Å². The summed E-state index contributed by atoms with van der Waals surface area (Å²) < 4.78 is 0. The maximum Gasteiger partial charge on any atom is 1.00 e. The van der Waals surface area contributed by atoms with Gasteiger partial charge >= 0.3 is 51.4 Å². The molecule has 1 heteroatoms. The van der Waals surface area contributed by atoms with Crippen LogP contribution in [0.15, 0.2) is 0 Å². The van der Waals surface area contributed by atoms with Crippen LogP contribution < -0.4 is 51.4 Å². The molecule has 0 aromatic heterocycles. The summed E-state index contributed by atoms with van der Waals surface area (Å²) in [5, 5.41) is 0. The zero-order valence-corrected chi connectivity index (χ0v) is 11.2. The van der Waals surface area contributed by atoms with Gasteiger partial charge in [0.2, 0.25) is 0 Å². The summed E-state index contributed by atoms with van der Waals surface area (Å²) in [7, 11) is 0. The van der Waals surface area contributed by atoms with E-state index in [4.69, 9.17) is 0 Å². The largest absolute Gasteiger partial charge is 1.00 e. The van der Waals surface area contributed by atoms with Crippen molar-refractivity contribution in [1.29, 1.82) is 0 Å². The summed E-state index contributed by atoms with van der Waals surface area (Å²) in [5.74, 6) is 0. The molecule has 0 aliphatic heterocycles. The molecule has 0 unspecified atom stereocenters. The van der Waals surface area contributed by atoms with Crippen LogP contribution in [0, 0.1) is 12.8 Å². The molecule has 0 saturated heterocycles. The van der Waals surface area contributed by atoms with Crippen molar-refractivity contribution >= 4 is 0 Å². The van der Waals surface area contributed by atoms with E-state index in [1.165, 1.54) is 32.1 Å². The Bertz CT molecular complexity index is 68.8. The van der Waals surface area contributed by atoms with E-state index in [0.29, 0.717) is 5.41 Å². The summed E-state index contributed by atoms with van der Waals surface area (Å²) in [5.41, 5.74) is 0.679. The maximum atomic E-state index is 2.38. The standard InChI is InChI=1S/C8H16.CH3.K/c1-8(2)6-4-3-5-7-8;;/h3-7H2,1-2H3;1H3;/q;-1;+1. The average molecular weight is 166 g/mol. The second-order valence-corrected chi connectivity index (χ2v) is 3.72. The van der Waals surface area contributed by atoms with Crippen molar-refractivity contribution in [3.05, 3.63) is 7.43 Å². The molecule has 0 radical (unpaired) electrons. The van der Waals surface area contributed by atoms with Crippen molar-refractivity contribution in [3.63, 3.8) is 0 Å². The number of hydrogen-bond acceptors (Lipinski definition) is 0. The average Bonchev–Trinajstić information content (AvgIpc) is 1.65. The maximum absolute atomic E-state index is 2.38. The van der Waals surface area contributed by atoms with Gasteiger partial charge in [-0.1, -0.05) is 33.1 Å². The van der Waals surface area contributed by atoms with Gasteiger partial charge in [-0.2, -0.15) is 0 Å². The molecular weight excluding hydrogens is 147 g/mol. The van der Waals surface area contributed by atoms with E-state index in [1.807, 2.05) is 0 Å². The molecule has 0 heterocycles. The minimum Gasteiger partial charge on any atom is -0.358 e. The van der Waals surface area contributed by atoms with Gasteiger partial charge in [0.25, 0.3) is 0 Å². The fourth-order valence-corrected chi connectivity index (χ4v) is 1.51. The molecule has 0 atom stereocenters. The van der Waals surface area contributed by atoms with Crippen molar-refractivity contribution in [2.75, 3.05) is 0 Å². The van der Waals surface area contributed by atoms with Crippen molar-refractivity contribution < 1.29 is 51.4 Å². The van der Waals surface area contributed by atoms with Gasteiger partial charge in [-0.05, 0) is 18.3 Å². The topological polar surface area (TPSA) is 0 Å². The fraction of sp³-hybridized carbons (Fsp3) is 0.889. The Kier molecular flexibility index (Phi) is 8.77. The minimum absolute atomic E-state index is 0. The molecule has 0 bridgehead atoms. The third kappa shape index (κ3) is 5.31. The summed E-state index contributed by atoms with van der Waals surface area (Å²) >= 11 is 0. The molecule has 1 aliphatic rings. The van der Waals surface area contributed by atoms with Crippen LogP contribution in [-0.4, -0.2) is 0 Å². The van der Waals surface area contributed by atoms with E-state index in [-0.39, 0.29) is 58.8 Å². The Morgan fingerprint density at radius 1 is 0.900 bits per heavy atom. The van der Waals surface area contributed by atoms with Gasteiger partial charge in [0.1, 0.15) is 0 Å². The fourth-order valence-electron chi connectivity index (χ4n) is 1.51. The van der Waals surface area contributed by atoms with Crippen LogP contribution in [-0.2, 0) is 0 Å². The third-order valence-electron chi connectivity index (χ3n) is 2.21. The zero-order valence-electron chi connectivity index (χ0n) is 8.04. The van der Waals surface area contributed by atoms with Gasteiger partial charge in [-0.3, -0.25) is 0 Å². The summed E-state index contributed by atoms with van der Waals surface area (Å²) in [4.78, 5) is 0. The first-order chi connectivity index (χ1) is 3.71. The van der Waals surface area contributed by atoms with Crippen LogP contribution >= 0.6 is 0 Å². The van der Waals surface area contributed by atoms with Crippen LogP contribution in [0.3, 0.4) is 0 Å².